The smallest absolute Gasteiger partial charge is 0.239 e. The van der Waals surface area contributed by atoms with E-state index in [0.717, 1.165) is 45.2 Å². The van der Waals surface area contributed by atoms with Crippen LogP contribution in [-0.4, -0.2) is 61.0 Å². The number of carbonyl (C=O) groups is 1. The van der Waals surface area contributed by atoms with Gasteiger partial charge >= 0.3 is 0 Å². The predicted molar refractivity (Wildman–Crippen MR) is 78.1 cm³/mol. The number of likely N-dealkylation sites (tertiary alicyclic amines) is 1. The quantitative estimate of drug-likeness (QED) is 0.838. The molecular formula is C15H29N3O. The Kier molecular flexibility index (Phi) is 5.64. The standard InChI is InChI=1S/C15H29N3O/c1-3-14-5-4-9-18(10-6-14)15(19)13(2)17-11-7-16-8-12-17/h13-14,16H,3-12H2,1-2H3. The molecule has 0 saturated carbocycles. The van der Waals surface area contributed by atoms with E-state index in [1.165, 1.54) is 25.7 Å². The molecule has 2 unspecified atom stereocenters. The van der Waals surface area contributed by atoms with Crippen LogP contribution in [0.3, 0.4) is 0 Å². The molecule has 2 rings (SSSR count). The fraction of sp³-hybridized carbons (Fsp3) is 0.933. The minimum Gasteiger partial charge on any atom is -0.341 e. The van der Waals surface area contributed by atoms with E-state index in [0.29, 0.717) is 5.91 Å². The van der Waals surface area contributed by atoms with Crippen molar-refractivity contribution in [2.45, 2.75) is 45.6 Å². The number of nitrogens with zero attached hydrogens (tertiary/aromatic N) is 2. The van der Waals surface area contributed by atoms with Crippen LogP contribution in [0.2, 0.25) is 0 Å². The van der Waals surface area contributed by atoms with Crippen LogP contribution in [0, 0.1) is 5.92 Å². The lowest BCUT2D eigenvalue weighted by atomic mass is 9.98. The van der Waals surface area contributed by atoms with Crippen molar-refractivity contribution < 1.29 is 4.79 Å². The van der Waals surface area contributed by atoms with Gasteiger partial charge in [0.2, 0.25) is 5.91 Å². The van der Waals surface area contributed by atoms with Crippen LogP contribution in [0.4, 0.5) is 0 Å². The van der Waals surface area contributed by atoms with Gasteiger partial charge in [-0.15, -0.1) is 0 Å². The number of carbonyl (C=O) groups excluding carboxylic acids is 1. The van der Waals surface area contributed by atoms with Gasteiger partial charge in [0.25, 0.3) is 0 Å². The molecule has 2 fully saturated rings. The van der Waals surface area contributed by atoms with E-state index in [-0.39, 0.29) is 6.04 Å². The van der Waals surface area contributed by atoms with Gasteiger partial charge in [0.05, 0.1) is 6.04 Å². The summed E-state index contributed by atoms with van der Waals surface area (Å²) < 4.78 is 0. The molecule has 1 N–H and O–H groups in total. The Morgan fingerprint density at radius 3 is 2.63 bits per heavy atom. The summed E-state index contributed by atoms with van der Waals surface area (Å²) in [6.07, 6.45) is 4.92. The van der Waals surface area contributed by atoms with Crippen LogP contribution in [0.5, 0.6) is 0 Å². The highest BCUT2D eigenvalue weighted by atomic mass is 16.2. The molecule has 0 radical (unpaired) electrons. The number of nitrogens with one attached hydrogen (secondary N) is 1. The number of piperazine rings is 1. The average molecular weight is 267 g/mol. The third kappa shape index (κ3) is 3.93. The summed E-state index contributed by atoms with van der Waals surface area (Å²) in [7, 11) is 0. The first-order valence-electron chi connectivity index (χ1n) is 7.96. The number of hydrogen-bond acceptors (Lipinski definition) is 3. The fourth-order valence-corrected chi connectivity index (χ4v) is 3.28. The lowest BCUT2D eigenvalue weighted by Gasteiger charge is -2.34. The largest absolute Gasteiger partial charge is 0.341 e. The molecule has 110 valence electrons. The molecule has 2 atom stereocenters. The first kappa shape index (κ1) is 14.8. The van der Waals surface area contributed by atoms with Crippen LogP contribution in [-0.2, 0) is 4.79 Å². The summed E-state index contributed by atoms with van der Waals surface area (Å²) in [5.41, 5.74) is 0. The Morgan fingerprint density at radius 2 is 1.95 bits per heavy atom. The van der Waals surface area contributed by atoms with Crippen LogP contribution in [0.25, 0.3) is 0 Å². The molecule has 2 saturated heterocycles. The van der Waals surface area contributed by atoms with Gasteiger partial charge in [-0.25, -0.2) is 0 Å². The molecular weight excluding hydrogens is 238 g/mol. The lowest BCUT2D eigenvalue weighted by Crippen LogP contribution is -2.53. The summed E-state index contributed by atoms with van der Waals surface area (Å²) >= 11 is 0. The van der Waals surface area contributed by atoms with Crippen LogP contribution in [0.1, 0.15) is 39.5 Å². The summed E-state index contributed by atoms with van der Waals surface area (Å²) in [5, 5.41) is 3.34. The van der Waals surface area contributed by atoms with Gasteiger partial charge < -0.3 is 10.2 Å². The van der Waals surface area contributed by atoms with Crippen LogP contribution < -0.4 is 5.32 Å². The van der Waals surface area contributed by atoms with Gasteiger partial charge in [-0.05, 0) is 32.1 Å². The van der Waals surface area contributed by atoms with Gasteiger partial charge in [-0.1, -0.05) is 13.3 Å². The minimum atomic E-state index is 0.0558. The van der Waals surface area contributed by atoms with Crippen molar-refractivity contribution in [1.82, 2.24) is 15.1 Å². The molecule has 4 nitrogen and oxygen atoms in total. The maximum Gasteiger partial charge on any atom is 0.239 e. The second kappa shape index (κ2) is 7.25. The highest BCUT2D eigenvalue weighted by molar-refractivity contribution is 5.81. The molecule has 0 aromatic rings. The third-order valence-corrected chi connectivity index (χ3v) is 4.79. The number of amides is 1. The van der Waals surface area contributed by atoms with E-state index in [9.17, 15) is 4.79 Å². The summed E-state index contributed by atoms with van der Waals surface area (Å²) in [6.45, 7) is 10.3. The molecule has 0 bridgehead atoms. The van der Waals surface area contributed by atoms with Gasteiger partial charge in [-0.3, -0.25) is 9.69 Å². The molecule has 0 aromatic heterocycles. The van der Waals surface area contributed by atoms with Crippen molar-refractivity contribution in [3.63, 3.8) is 0 Å². The second-order valence-electron chi connectivity index (χ2n) is 5.99. The van der Waals surface area contributed by atoms with Crippen molar-refractivity contribution in [2.75, 3.05) is 39.3 Å². The zero-order valence-corrected chi connectivity index (χ0v) is 12.5. The number of rotatable bonds is 3. The Morgan fingerprint density at radius 1 is 1.21 bits per heavy atom. The highest BCUT2D eigenvalue weighted by Crippen LogP contribution is 2.21. The molecule has 0 aliphatic carbocycles. The Balaban J connectivity index is 1.87. The SMILES string of the molecule is CCC1CCCN(C(=O)C(C)N2CCNCC2)CC1. The molecule has 2 aliphatic rings. The van der Waals surface area contributed by atoms with Gasteiger partial charge in [0, 0.05) is 39.3 Å². The Labute approximate surface area is 117 Å². The highest BCUT2D eigenvalue weighted by Gasteiger charge is 2.28. The van der Waals surface area contributed by atoms with Crippen molar-refractivity contribution in [1.29, 1.82) is 0 Å². The van der Waals surface area contributed by atoms with E-state index in [1.807, 2.05) is 0 Å². The predicted octanol–water partition coefficient (Wildman–Crippen LogP) is 1.32. The lowest BCUT2D eigenvalue weighted by molar-refractivity contribution is -0.136. The van der Waals surface area contributed by atoms with Crippen molar-refractivity contribution in [2.24, 2.45) is 5.92 Å². The topological polar surface area (TPSA) is 35.6 Å². The van der Waals surface area contributed by atoms with Gasteiger partial charge in [0.15, 0.2) is 0 Å². The van der Waals surface area contributed by atoms with Crippen molar-refractivity contribution >= 4 is 5.91 Å². The van der Waals surface area contributed by atoms with Crippen LogP contribution >= 0.6 is 0 Å². The first-order valence-corrected chi connectivity index (χ1v) is 7.96. The first-order chi connectivity index (χ1) is 9.22. The van der Waals surface area contributed by atoms with Crippen molar-refractivity contribution in [3.05, 3.63) is 0 Å². The fourth-order valence-electron chi connectivity index (χ4n) is 3.28. The molecule has 19 heavy (non-hydrogen) atoms. The van der Waals surface area contributed by atoms with E-state index >= 15 is 0 Å². The van der Waals surface area contributed by atoms with Gasteiger partial charge in [-0.2, -0.15) is 0 Å². The van der Waals surface area contributed by atoms with E-state index < -0.39 is 0 Å². The van der Waals surface area contributed by atoms with Crippen LogP contribution in [0.15, 0.2) is 0 Å². The van der Waals surface area contributed by atoms with E-state index in [4.69, 9.17) is 0 Å². The van der Waals surface area contributed by atoms with Gasteiger partial charge in [0.1, 0.15) is 0 Å². The molecule has 2 aliphatic heterocycles. The monoisotopic (exact) mass is 267 g/mol. The summed E-state index contributed by atoms with van der Waals surface area (Å²) in [6, 6.07) is 0.0558. The summed E-state index contributed by atoms with van der Waals surface area (Å²) in [4.78, 5) is 17.0. The Hall–Kier alpha value is -0.610. The maximum atomic E-state index is 12.6. The summed E-state index contributed by atoms with van der Waals surface area (Å²) in [5.74, 6) is 1.17. The maximum absolute atomic E-state index is 12.6. The minimum absolute atomic E-state index is 0.0558. The number of hydrogen-bond donors (Lipinski definition) is 1. The molecule has 0 spiro atoms. The van der Waals surface area contributed by atoms with E-state index in [1.54, 1.807) is 0 Å². The normalized spacial score (nSPS) is 27.9. The third-order valence-electron chi connectivity index (χ3n) is 4.79. The molecule has 0 aromatic carbocycles. The zero-order valence-electron chi connectivity index (χ0n) is 12.5. The molecule has 1 amide bonds. The second-order valence-corrected chi connectivity index (χ2v) is 5.99. The van der Waals surface area contributed by atoms with Crippen molar-refractivity contribution in [3.8, 4) is 0 Å². The van der Waals surface area contributed by atoms with E-state index in [2.05, 4.69) is 29.0 Å². The average Bonchev–Trinajstić information content (AvgIpc) is 2.72. The Bertz CT molecular complexity index is 289. The molecule has 4 heteroatoms. The molecule has 2 heterocycles. The zero-order chi connectivity index (χ0) is 13.7.